The molecule has 0 spiro atoms. The molecule has 0 unspecified atom stereocenters. The van der Waals surface area contributed by atoms with E-state index in [1.54, 1.807) is 29.5 Å². The molecule has 20 heavy (non-hydrogen) atoms. The predicted octanol–water partition coefficient (Wildman–Crippen LogP) is 0.602. The second kappa shape index (κ2) is 5.76. The van der Waals surface area contributed by atoms with Crippen molar-refractivity contribution in [1.82, 2.24) is 24.3 Å². The van der Waals surface area contributed by atoms with Gasteiger partial charge in [-0.25, -0.2) is 13.1 Å². The Morgan fingerprint density at radius 1 is 1.25 bits per heavy atom. The fourth-order valence-corrected chi connectivity index (χ4v) is 3.13. The maximum absolute atomic E-state index is 12.1. The van der Waals surface area contributed by atoms with Gasteiger partial charge in [0.2, 0.25) is 10.0 Å². The summed E-state index contributed by atoms with van der Waals surface area (Å²) in [7, 11) is -1.77. The van der Waals surface area contributed by atoms with Crippen molar-refractivity contribution in [1.29, 1.82) is 0 Å². The van der Waals surface area contributed by atoms with Gasteiger partial charge in [0.1, 0.15) is 4.90 Å². The summed E-state index contributed by atoms with van der Waals surface area (Å²) >= 11 is 0. The summed E-state index contributed by atoms with van der Waals surface area (Å²) in [6.07, 6.45) is 5.76. The smallest absolute Gasteiger partial charge is 0.243 e. The van der Waals surface area contributed by atoms with Gasteiger partial charge in [-0.2, -0.15) is 10.2 Å². The van der Waals surface area contributed by atoms with Crippen molar-refractivity contribution in [3.8, 4) is 0 Å². The van der Waals surface area contributed by atoms with E-state index < -0.39 is 10.0 Å². The molecule has 0 aliphatic heterocycles. The minimum atomic E-state index is -3.48. The van der Waals surface area contributed by atoms with Crippen LogP contribution in [0.25, 0.3) is 0 Å². The number of hydrogen-bond donors (Lipinski definition) is 1. The molecule has 2 heterocycles. The minimum Gasteiger partial charge on any atom is -0.272 e. The van der Waals surface area contributed by atoms with Gasteiger partial charge in [-0.1, -0.05) is 0 Å². The van der Waals surface area contributed by atoms with Gasteiger partial charge in [-0.05, 0) is 25.8 Å². The Balaban J connectivity index is 1.88. The number of rotatable bonds is 6. The Kier molecular flexibility index (Phi) is 4.24. The van der Waals surface area contributed by atoms with Gasteiger partial charge in [0, 0.05) is 26.3 Å². The Labute approximate surface area is 118 Å². The zero-order valence-corrected chi connectivity index (χ0v) is 12.7. The van der Waals surface area contributed by atoms with Crippen molar-refractivity contribution in [2.75, 3.05) is 6.54 Å². The molecular weight excluding hydrogens is 278 g/mol. The second-order valence-corrected chi connectivity index (χ2v) is 6.49. The third-order valence-corrected chi connectivity index (χ3v) is 4.66. The number of aromatic nitrogens is 4. The summed E-state index contributed by atoms with van der Waals surface area (Å²) in [5.41, 5.74) is 1.72. The van der Waals surface area contributed by atoms with E-state index in [0.717, 1.165) is 5.56 Å². The average molecular weight is 297 g/mol. The van der Waals surface area contributed by atoms with Crippen molar-refractivity contribution in [3.63, 3.8) is 0 Å². The van der Waals surface area contributed by atoms with E-state index in [0.29, 0.717) is 25.2 Å². The molecule has 0 aliphatic carbocycles. The molecule has 0 amide bonds. The molecule has 2 aromatic rings. The number of sulfonamides is 1. The molecule has 0 atom stereocenters. The van der Waals surface area contributed by atoms with Crippen molar-refractivity contribution in [3.05, 3.63) is 29.8 Å². The highest BCUT2D eigenvalue weighted by Gasteiger charge is 2.19. The second-order valence-electron chi connectivity index (χ2n) is 4.75. The van der Waals surface area contributed by atoms with Crippen LogP contribution in [0.2, 0.25) is 0 Å². The molecule has 0 saturated carbocycles. The van der Waals surface area contributed by atoms with Crippen LogP contribution in [0.3, 0.4) is 0 Å². The highest BCUT2D eigenvalue weighted by atomic mass is 32.2. The molecule has 0 saturated heterocycles. The van der Waals surface area contributed by atoms with Crippen LogP contribution in [0, 0.1) is 13.8 Å². The SMILES string of the molecule is Cc1cnn(CCCNS(=O)(=O)c2cnn(C)c2C)c1. The zero-order chi connectivity index (χ0) is 14.8. The number of nitrogens with one attached hydrogen (secondary N) is 1. The van der Waals surface area contributed by atoms with E-state index >= 15 is 0 Å². The van der Waals surface area contributed by atoms with E-state index in [2.05, 4.69) is 14.9 Å². The third kappa shape index (κ3) is 3.26. The summed E-state index contributed by atoms with van der Waals surface area (Å²) in [5, 5.41) is 8.10. The maximum Gasteiger partial charge on any atom is 0.243 e. The summed E-state index contributed by atoms with van der Waals surface area (Å²) < 4.78 is 30.1. The monoisotopic (exact) mass is 297 g/mol. The topological polar surface area (TPSA) is 81.8 Å². The highest BCUT2D eigenvalue weighted by Crippen LogP contribution is 2.12. The fourth-order valence-electron chi connectivity index (χ4n) is 1.86. The molecule has 0 bridgehead atoms. The molecule has 8 heteroatoms. The molecule has 0 fully saturated rings. The zero-order valence-electron chi connectivity index (χ0n) is 11.9. The molecule has 2 aromatic heterocycles. The van der Waals surface area contributed by atoms with Gasteiger partial charge >= 0.3 is 0 Å². The van der Waals surface area contributed by atoms with E-state index in [1.807, 2.05) is 13.1 Å². The summed E-state index contributed by atoms with van der Waals surface area (Å²) in [4.78, 5) is 0.231. The average Bonchev–Trinajstić information content (AvgIpc) is 2.93. The Morgan fingerprint density at radius 3 is 2.55 bits per heavy atom. The minimum absolute atomic E-state index is 0.231. The van der Waals surface area contributed by atoms with Crippen molar-refractivity contribution in [2.45, 2.75) is 31.7 Å². The lowest BCUT2D eigenvalue weighted by molar-refractivity contribution is 0.552. The summed E-state index contributed by atoms with van der Waals surface area (Å²) in [6, 6.07) is 0. The van der Waals surface area contributed by atoms with Crippen LogP contribution in [-0.2, 0) is 23.6 Å². The van der Waals surface area contributed by atoms with Crippen LogP contribution < -0.4 is 4.72 Å². The van der Waals surface area contributed by atoms with Crippen molar-refractivity contribution >= 4 is 10.0 Å². The first-order valence-corrected chi connectivity index (χ1v) is 7.86. The lowest BCUT2D eigenvalue weighted by Gasteiger charge is -2.06. The van der Waals surface area contributed by atoms with E-state index in [1.165, 1.54) is 6.20 Å². The molecule has 110 valence electrons. The van der Waals surface area contributed by atoms with Gasteiger partial charge in [0.15, 0.2) is 0 Å². The lowest BCUT2D eigenvalue weighted by atomic mass is 10.4. The first kappa shape index (κ1) is 14.7. The standard InChI is InChI=1S/C12H19N5O2S/c1-10-7-14-17(9-10)6-4-5-15-20(18,19)12-8-13-16(3)11(12)2/h7-9,15H,4-6H2,1-3H3. The lowest BCUT2D eigenvalue weighted by Crippen LogP contribution is -2.26. The van der Waals surface area contributed by atoms with E-state index in [4.69, 9.17) is 0 Å². The van der Waals surface area contributed by atoms with Crippen LogP contribution in [0.15, 0.2) is 23.5 Å². The first-order valence-electron chi connectivity index (χ1n) is 6.37. The third-order valence-electron chi connectivity index (χ3n) is 3.10. The quantitative estimate of drug-likeness (QED) is 0.792. The molecule has 0 aromatic carbocycles. The van der Waals surface area contributed by atoms with Crippen LogP contribution in [0.4, 0.5) is 0 Å². The van der Waals surface area contributed by atoms with Gasteiger partial charge in [0.05, 0.1) is 18.1 Å². The highest BCUT2D eigenvalue weighted by molar-refractivity contribution is 7.89. The normalized spacial score (nSPS) is 11.9. The summed E-state index contributed by atoms with van der Waals surface area (Å²) in [6.45, 7) is 4.75. The Hall–Kier alpha value is -1.67. The maximum atomic E-state index is 12.1. The largest absolute Gasteiger partial charge is 0.272 e. The Morgan fingerprint density at radius 2 is 2.00 bits per heavy atom. The molecule has 1 N–H and O–H groups in total. The van der Waals surface area contributed by atoms with Gasteiger partial charge < -0.3 is 0 Å². The van der Waals surface area contributed by atoms with Crippen LogP contribution in [0.5, 0.6) is 0 Å². The van der Waals surface area contributed by atoms with Crippen LogP contribution in [-0.4, -0.2) is 34.5 Å². The van der Waals surface area contributed by atoms with Gasteiger partial charge in [-0.15, -0.1) is 0 Å². The first-order chi connectivity index (χ1) is 9.40. The molecule has 7 nitrogen and oxygen atoms in total. The van der Waals surface area contributed by atoms with Crippen LogP contribution in [0.1, 0.15) is 17.7 Å². The number of nitrogens with zero attached hydrogens (tertiary/aromatic N) is 4. The molecule has 0 aliphatic rings. The Bertz CT molecular complexity index is 687. The summed E-state index contributed by atoms with van der Waals surface area (Å²) in [5.74, 6) is 0. The van der Waals surface area contributed by atoms with Crippen molar-refractivity contribution in [2.24, 2.45) is 7.05 Å². The van der Waals surface area contributed by atoms with E-state index in [-0.39, 0.29) is 4.90 Å². The van der Waals surface area contributed by atoms with Gasteiger partial charge in [-0.3, -0.25) is 9.36 Å². The van der Waals surface area contributed by atoms with Crippen molar-refractivity contribution < 1.29 is 8.42 Å². The van der Waals surface area contributed by atoms with Gasteiger partial charge in [0.25, 0.3) is 0 Å². The fraction of sp³-hybridized carbons (Fsp3) is 0.500. The number of aryl methyl sites for hydroxylation is 3. The number of hydrogen-bond acceptors (Lipinski definition) is 4. The van der Waals surface area contributed by atoms with Crippen LogP contribution >= 0.6 is 0 Å². The molecular formula is C12H19N5O2S. The van der Waals surface area contributed by atoms with E-state index in [9.17, 15) is 8.42 Å². The molecule has 2 rings (SSSR count). The molecule has 0 radical (unpaired) electrons. The predicted molar refractivity (Wildman–Crippen MR) is 74.7 cm³/mol.